The summed E-state index contributed by atoms with van der Waals surface area (Å²) in [5.74, 6) is -0.637. The van der Waals surface area contributed by atoms with Gasteiger partial charge in [-0.05, 0) is 18.6 Å². The Morgan fingerprint density at radius 3 is 3.00 bits per heavy atom. The maximum Gasteiger partial charge on any atom is 0.350 e. The van der Waals surface area contributed by atoms with Crippen LogP contribution in [0.1, 0.15) is 12.5 Å². The number of carbonyl (C=O) groups is 1. The number of ether oxygens (including phenoxy) is 1. The van der Waals surface area contributed by atoms with Crippen LogP contribution in [0.15, 0.2) is 30.1 Å². The van der Waals surface area contributed by atoms with Crippen molar-refractivity contribution >= 4 is 17.6 Å². The molecule has 94 valence electrons. The van der Waals surface area contributed by atoms with Crippen LogP contribution in [-0.2, 0) is 16.1 Å². The van der Waals surface area contributed by atoms with Crippen molar-refractivity contribution in [1.29, 1.82) is 5.26 Å². The van der Waals surface area contributed by atoms with Crippen LogP contribution < -0.4 is 5.32 Å². The van der Waals surface area contributed by atoms with Gasteiger partial charge in [0.2, 0.25) is 0 Å². The van der Waals surface area contributed by atoms with Crippen LogP contribution in [0.2, 0.25) is 5.15 Å². The first-order valence-electron chi connectivity index (χ1n) is 5.28. The molecule has 0 saturated heterocycles. The smallest absolute Gasteiger partial charge is 0.350 e. The highest BCUT2D eigenvalue weighted by Gasteiger charge is 2.08. The molecular formula is C12H12ClN3O2. The summed E-state index contributed by atoms with van der Waals surface area (Å²) in [6, 6.07) is 5.23. The normalized spacial score (nSPS) is 10.6. The number of aromatic nitrogens is 1. The molecule has 0 aliphatic carbocycles. The minimum absolute atomic E-state index is 0.0706. The van der Waals surface area contributed by atoms with Crippen molar-refractivity contribution in [2.24, 2.45) is 0 Å². The van der Waals surface area contributed by atoms with Gasteiger partial charge in [-0.3, -0.25) is 0 Å². The third-order valence-electron chi connectivity index (χ3n) is 1.96. The number of nitrogens with zero attached hydrogens (tertiary/aromatic N) is 2. The van der Waals surface area contributed by atoms with Gasteiger partial charge in [0, 0.05) is 18.9 Å². The molecule has 1 aromatic heterocycles. The molecule has 1 aromatic rings. The van der Waals surface area contributed by atoms with Crippen LogP contribution in [0.5, 0.6) is 0 Å². The molecular weight excluding hydrogens is 254 g/mol. The average molecular weight is 266 g/mol. The molecule has 6 heteroatoms. The molecule has 0 aliphatic heterocycles. The molecule has 0 fully saturated rings. The van der Waals surface area contributed by atoms with Crippen LogP contribution in [0, 0.1) is 11.3 Å². The van der Waals surface area contributed by atoms with E-state index >= 15 is 0 Å². The maximum atomic E-state index is 11.3. The van der Waals surface area contributed by atoms with Crippen LogP contribution in [-0.4, -0.2) is 17.6 Å². The Labute approximate surface area is 110 Å². The first-order valence-corrected chi connectivity index (χ1v) is 5.66. The first-order chi connectivity index (χ1) is 8.67. The fourth-order valence-electron chi connectivity index (χ4n) is 1.13. The number of carbonyl (C=O) groups excluding carboxylic acids is 1. The number of esters is 1. The van der Waals surface area contributed by atoms with Crippen molar-refractivity contribution in [3.8, 4) is 6.07 Å². The fraction of sp³-hybridized carbons (Fsp3) is 0.250. The lowest BCUT2D eigenvalue weighted by molar-refractivity contribution is -0.138. The summed E-state index contributed by atoms with van der Waals surface area (Å²) < 4.78 is 4.71. The Morgan fingerprint density at radius 1 is 1.67 bits per heavy atom. The van der Waals surface area contributed by atoms with E-state index in [1.54, 1.807) is 31.3 Å². The van der Waals surface area contributed by atoms with Gasteiger partial charge >= 0.3 is 5.97 Å². The molecule has 0 aliphatic rings. The Bertz CT molecular complexity index is 477. The third kappa shape index (κ3) is 4.44. The number of nitriles is 1. The highest BCUT2D eigenvalue weighted by Crippen LogP contribution is 2.05. The molecule has 1 rings (SSSR count). The SMILES string of the molecule is CCOC(=O)C(C#N)=CNCc1ccc(Cl)nc1. The van der Waals surface area contributed by atoms with Gasteiger partial charge in [-0.25, -0.2) is 9.78 Å². The second kappa shape index (κ2) is 7.30. The number of hydrogen-bond donors (Lipinski definition) is 1. The zero-order chi connectivity index (χ0) is 13.4. The maximum absolute atomic E-state index is 11.3. The molecule has 0 saturated carbocycles. The topological polar surface area (TPSA) is 75.0 Å². The van der Waals surface area contributed by atoms with Crippen LogP contribution in [0.3, 0.4) is 0 Å². The number of pyridine rings is 1. The summed E-state index contributed by atoms with van der Waals surface area (Å²) in [4.78, 5) is 15.2. The molecule has 1 N–H and O–H groups in total. The zero-order valence-corrected chi connectivity index (χ0v) is 10.6. The molecule has 1 heterocycles. The number of halogens is 1. The van der Waals surface area contributed by atoms with Gasteiger partial charge in [0.05, 0.1) is 6.61 Å². The molecule has 0 amide bonds. The van der Waals surface area contributed by atoms with Gasteiger partial charge in [-0.2, -0.15) is 5.26 Å². The summed E-state index contributed by atoms with van der Waals surface area (Å²) in [5, 5.41) is 12.0. The predicted octanol–water partition coefficient (Wildman–Crippen LogP) is 1.80. The van der Waals surface area contributed by atoms with Gasteiger partial charge in [0.15, 0.2) is 5.57 Å². The van der Waals surface area contributed by atoms with E-state index < -0.39 is 5.97 Å². The highest BCUT2D eigenvalue weighted by molar-refractivity contribution is 6.29. The van der Waals surface area contributed by atoms with Crippen LogP contribution in [0.25, 0.3) is 0 Å². The Balaban J connectivity index is 2.55. The standard InChI is InChI=1S/C12H12ClN3O2/c1-2-18-12(17)10(5-14)8-15-6-9-3-4-11(13)16-7-9/h3-4,7-8,15H,2,6H2,1H3. The molecule has 0 unspecified atom stereocenters. The largest absolute Gasteiger partial charge is 0.462 e. The van der Waals surface area contributed by atoms with Crippen molar-refractivity contribution in [3.63, 3.8) is 0 Å². The van der Waals surface area contributed by atoms with Crippen molar-refractivity contribution in [2.75, 3.05) is 6.61 Å². The number of rotatable bonds is 5. The third-order valence-corrected chi connectivity index (χ3v) is 2.18. The summed E-state index contributed by atoms with van der Waals surface area (Å²) in [7, 11) is 0. The van der Waals surface area contributed by atoms with Crippen LogP contribution in [0.4, 0.5) is 0 Å². The number of hydrogen-bond acceptors (Lipinski definition) is 5. The minimum Gasteiger partial charge on any atom is -0.462 e. The Kier molecular flexibility index (Phi) is 5.68. The number of nitrogens with one attached hydrogen (secondary N) is 1. The van der Waals surface area contributed by atoms with Crippen LogP contribution >= 0.6 is 11.6 Å². The van der Waals surface area contributed by atoms with E-state index in [0.717, 1.165) is 5.56 Å². The molecule has 18 heavy (non-hydrogen) atoms. The van der Waals surface area contributed by atoms with Gasteiger partial charge in [0.1, 0.15) is 11.2 Å². The predicted molar refractivity (Wildman–Crippen MR) is 66.4 cm³/mol. The Hall–Kier alpha value is -2.06. The van der Waals surface area contributed by atoms with E-state index in [-0.39, 0.29) is 12.2 Å². The molecule has 0 bridgehead atoms. The summed E-state index contributed by atoms with van der Waals surface area (Å²) in [6.07, 6.45) is 2.94. The lowest BCUT2D eigenvalue weighted by Gasteiger charge is -2.02. The molecule has 0 atom stereocenters. The second-order valence-corrected chi connectivity index (χ2v) is 3.65. The molecule has 0 spiro atoms. The van der Waals surface area contributed by atoms with Gasteiger partial charge in [0.25, 0.3) is 0 Å². The monoisotopic (exact) mass is 265 g/mol. The first kappa shape index (κ1) is 14.0. The van der Waals surface area contributed by atoms with Gasteiger partial charge < -0.3 is 10.1 Å². The second-order valence-electron chi connectivity index (χ2n) is 3.26. The lowest BCUT2D eigenvalue weighted by atomic mass is 10.3. The van der Waals surface area contributed by atoms with Crippen molar-refractivity contribution < 1.29 is 9.53 Å². The van der Waals surface area contributed by atoms with Gasteiger partial charge in [-0.15, -0.1) is 0 Å². The zero-order valence-electron chi connectivity index (χ0n) is 9.81. The summed E-state index contributed by atoms with van der Waals surface area (Å²) in [6.45, 7) is 2.35. The van der Waals surface area contributed by atoms with Gasteiger partial charge in [-0.1, -0.05) is 17.7 Å². The van der Waals surface area contributed by atoms with E-state index in [4.69, 9.17) is 21.6 Å². The quantitative estimate of drug-likeness (QED) is 0.380. The van der Waals surface area contributed by atoms with E-state index in [0.29, 0.717) is 11.7 Å². The summed E-state index contributed by atoms with van der Waals surface area (Å²) >= 11 is 5.65. The Morgan fingerprint density at radius 2 is 2.44 bits per heavy atom. The minimum atomic E-state index is -0.637. The van der Waals surface area contributed by atoms with Crippen molar-refractivity contribution in [2.45, 2.75) is 13.5 Å². The average Bonchev–Trinajstić information content (AvgIpc) is 2.37. The van der Waals surface area contributed by atoms with E-state index in [1.165, 1.54) is 6.20 Å². The van der Waals surface area contributed by atoms with Crippen molar-refractivity contribution in [1.82, 2.24) is 10.3 Å². The van der Waals surface area contributed by atoms with Crippen molar-refractivity contribution in [3.05, 3.63) is 40.8 Å². The van der Waals surface area contributed by atoms with E-state index in [1.807, 2.05) is 0 Å². The molecule has 0 radical (unpaired) electrons. The molecule has 5 nitrogen and oxygen atoms in total. The lowest BCUT2D eigenvalue weighted by Crippen LogP contribution is -2.12. The molecule has 0 aromatic carbocycles. The fourth-order valence-corrected chi connectivity index (χ4v) is 1.24. The van der Waals surface area contributed by atoms with E-state index in [9.17, 15) is 4.79 Å². The van der Waals surface area contributed by atoms with E-state index in [2.05, 4.69) is 10.3 Å². The highest BCUT2D eigenvalue weighted by atomic mass is 35.5. The summed E-state index contributed by atoms with van der Waals surface area (Å²) in [5.41, 5.74) is 0.815.